The van der Waals surface area contributed by atoms with Gasteiger partial charge in [0, 0.05) is 12.8 Å². The molecular formula is C31H44BBr3F2O6. The highest BCUT2D eigenvalue weighted by atomic mass is 79.9. The van der Waals surface area contributed by atoms with Crippen LogP contribution in [0.25, 0.3) is 0 Å². The summed E-state index contributed by atoms with van der Waals surface area (Å²) in [6.07, 6.45) is 6.40. The van der Waals surface area contributed by atoms with Crippen LogP contribution >= 0.6 is 47.3 Å². The highest BCUT2D eigenvalue weighted by Crippen LogP contribution is 2.27. The molecule has 0 aliphatic heterocycles. The summed E-state index contributed by atoms with van der Waals surface area (Å²) in [5.74, 6) is -1.46. The molecule has 0 aromatic heterocycles. The van der Waals surface area contributed by atoms with Crippen LogP contribution in [0, 0.1) is 11.6 Å². The Hall–Kier alpha value is -1.66. The van der Waals surface area contributed by atoms with Crippen LogP contribution in [0.3, 0.4) is 0 Å². The quantitative estimate of drug-likeness (QED) is 0.143. The number of phenols is 1. The number of hydrogen-bond donors (Lipinski definition) is 1. The number of carbonyl (C=O) groups is 2. The molecule has 0 saturated carbocycles. The number of hydrogen-bond acceptors (Lipinski definition) is 6. The first kappa shape index (κ1) is 41.3. The van der Waals surface area contributed by atoms with Crippen LogP contribution in [0.1, 0.15) is 88.5 Å². The van der Waals surface area contributed by atoms with Crippen molar-refractivity contribution in [3.05, 3.63) is 58.2 Å². The molecule has 0 heterocycles. The van der Waals surface area contributed by atoms with Crippen LogP contribution in [0.4, 0.5) is 8.78 Å². The van der Waals surface area contributed by atoms with Gasteiger partial charge in [0.1, 0.15) is 0 Å². The Morgan fingerprint density at radius 3 is 1.56 bits per heavy atom. The first-order chi connectivity index (χ1) is 20.5. The number of halogens is 5. The molecule has 0 spiro atoms. The summed E-state index contributed by atoms with van der Waals surface area (Å²) in [6, 6.07) is 6.48. The number of esters is 2. The van der Waals surface area contributed by atoms with E-state index in [9.17, 15) is 23.5 Å². The smallest absolute Gasteiger partial charge is 0.369 e. The molecule has 1 N–H and O–H groups in total. The Morgan fingerprint density at radius 2 is 1.16 bits per heavy atom. The Morgan fingerprint density at radius 1 is 0.744 bits per heavy atom. The van der Waals surface area contributed by atoms with Crippen molar-refractivity contribution < 1.29 is 37.7 Å². The van der Waals surface area contributed by atoms with Gasteiger partial charge >= 0.3 is 15.1 Å². The van der Waals surface area contributed by atoms with E-state index in [1.807, 2.05) is 13.0 Å². The van der Waals surface area contributed by atoms with Crippen molar-refractivity contribution in [2.24, 2.45) is 0 Å². The highest BCUT2D eigenvalue weighted by molar-refractivity contribution is 9.69. The largest absolute Gasteiger partial charge is 0.505 e. The zero-order valence-corrected chi connectivity index (χ0v) is 30.5. The highest BCUT2D eigenvalue weighted by Gasteiger charge is 2.16. The molecule has 0 aliphatic rings. The number of aromatic hydroxyl groups is 1. The average molecular weight is 801 g/mol. The van der Waals surface area contributed by atoms with E-state index in [1.54, 1.807) is 26.0 Å². The van der Waals surface area contributed by atoms with E-state index < -0.39 is 5.82 Å². The summed E-state index contributed by atoms with van der Waals surface area (Å²) >= 11 is 9.31. The summed E-state index contributed by atoms with van der Waals surface area (Å²) < 4.78 is 43.2. The minimum atomic E-state index is -0.560. The lowest BCUT2D eigenvalue weighted by molar-refractivity contribution is -0.144. The molecule has 0 bridgehead atoms. The van der Waals surface area contributed by atoms with Gasteiger partial charge in [-0.3, -0.25) is 9.59 Å². The fourth-order valence-corrected chi connectivity index (χ4v) is 4.10. The molecule has 2 aromatic carbocycles. The van der Waals surface area contributed by atoms with Crippen molar-refractivity contribution >= 4 is 62.4 Å². The zero-order chi connectivity index (χ0) is 32.8. The third kappa shape index (κ3) is 17.4. The van der Waals surface area contributed by atoms with Gasteiger partial charge < -0.3 is 19.3 Å². The number of benzene rings is 2. The third-order valence-electron chi connectivity index (χ3n) is 6.21. The van der Waals surface area contributed by atoms with Crippen molar-refractivity contribution in [1.29, 1.82) is 0 Å². The number of carbonyl (C=O) groups excluding carboxylic acids is 2. The second kappa shape index (κ2) is 24.6. The molecule has 6 nitrogen and oxygen atoms in total. The normalized spacial score (nSPS) is 10.1. The minimum Gasteiger partial charge on any atom is -0.505 e. The first-order valence-electron chi connectivity index (χ1n) is 14.5. The second-order valence-corrected chi connectivity index (χ2v) is 15.8. The van der Waals surface area contributed by atoms with E-state index >= 15 is 0 Å². The van der Waals surface area contributed by atoms with Gasteiger partial charge in [-0.2, -0.15) is 0 Å². The molecule has 0 fully saturated rings. The number of rotatable bonds is 15. The molecule has 0 saturated heterocycles. The van der Waals surface area contributed by atoms with Crippen molar-refractivity contribution in [1.82, 2.24) is 0 Å². The minimum absolute atomic E-state index is 0.233. The molecule has 0 atom stereocenters. The summed E-state index contributed by atoms with van der Waals surface area (Å²) in [5, 5.41) is 9.42. The molecule has 0 radical (unpaired) electrons. The van der Waals surface area contributed by atoms with Crippen molar-refractivity contribution in [2.75, 3.05) is 20.3 Å². The maximum atomic E-state index is 14.3. The lowest BCUT2D eigenvalue weighted by Gasteiger charge is -2.13. The number of unbranched alkanes of at least 4 members (excludes halogenated alkanes) is 2. The van der Waals surface area contributed by atoms with Gasteiger partial charge in [0.25, 0.3) is 0 Å². The maximum absolute atomic E-state index is 14.3. The van der Waals surface area contributed by atoms with E-state index in [4.69, 9.17) is 14.2 Å². The van der Waals surface area contributed by atoms with Gasteiger partial charge in [-0.05, 0) is 86.8 Å². The van der Waals surface area contributed by atoms with E-state index in [1.165, 1.54) is 13.2 Å². The van der Waals surface area contributed by atoms with E-state index in [0.29, 0.717) is 50.0 Å². The molecule has 2 rings (SSSR count). The van der Waals surface area contributed by atoms with Crippen LogP contribution in [-0.2, 0) is 44.7 Å². The molecular weight excluding hydrogens is 757 g/mol. The maximum Gasteiger partial charge on any atom is 0.369 e. The van der Waals surface area contributed by atoms with Gasteiger partial charge in [-0.25, -0.2) is 8.78 Å². The Balaban J connectivity index is 0.000000730. The molecule has 242 valence electrons. The van der Waals surface area contributed by atoms with E-state index in [0.717, 1.165) is 36.8 Å². The summed E-state index contributed by atoms with van der Waals surface area (Å²) in [6.45, 7) is 8.35. The predicted octanol–water partition coefficient (Wildman–Crippen LogP) is 9.20. The molecule has 0 aliphatic carbocycles. The van der Waals surface area contributed by atoms with Crippen molar-refractivity contribution in [3.63, 3.8) is 0 Å². The Kier molecular flexibility index (Phi) is 23.7. The van der Waals surface area contributed by atoms with Gasteiger partial charge in [-0.15, -0.1) is 47.3 Å². The lowest BCUT2D eigenvalue weighted by atomic mass is 9.97. The average Bonchev–Trinajstić information content (AvgIpc) is 2.96. The molecule has 0 unspecified atom stereocenters. The molecule has 12 heteroatoms. The topological polar surface area (TPSA) is 82.1 Å². The SMILES string of the molecule is BrB(Br)Br.CCCCc1c(CCC(=O)OCC)ccc(O)c1F.CCCCc1c(CCC(=O)OCC)ccc(OC)c1F. The van der Waals surface area contributed by atoms with Crippen LogP contribution in [-0.4, -0.2) is 40.6 Å². The zero-order valence-electron chi connectivity index (χ0n) is 25.8. The van der Waals surface area contributed by atoms with Crippen LogP contribution in [0.15, 0.2) is 24.3 Å². The monoisotopic (exact) mass is 798 g/mol. The Labute approximate surface area is 280 Å². The van der Waals surface area contributed by atoms with E-state index in [2.05, 4.69) is 54.2 Å². The van der Waals surface area contributed by atoms with Gasteiger partial charge in [-0.1, -0.05) is 38.8 Å². The lowest BCUT2D eigenvalue weighted by Crippen LogP contribution is -2.08. The summed E-state index contributed by atoms with van der Waals surface area (Å²) in [5.41, 5.74) is 2.82. The molecule has 43 heavy (non-hydrogen) atoms. The molecule has 2 aromatic rings. The number of phenolic OH excluding ortho intramolecular Hbond substituents is 1. The van der Waals surface area contributed by atoms with E-state index in [-0.39, 0.29) is 45.3 Å². The number of ether oxygens (including phenoxy) is 3. The number of methoxy groups -OCH3 is 1. The summed E-state index contributed by atoms with van der Waals surface area (Å²) in [4.78, 5) is 22.7. The first-order valence-corrected chi connectivity index (χ1v) is 17.3. The fraction of sp³-hybridized carbons (Fsp3) is 0.548. The predicted molar refractivity (Wildman–Crippen MR) is 181 cm³/mol. The van der Waals surface area contributed by atoms with Gasteiger partial charge in [0.05, 0.1) is 20.3 Å². The fourth-order valence-electron chi connectivity index (χ4n) is 4.10. The number of aryl methyl sites for hydroxylation is 2. The second-order valence-electron chi connectivity index (χ2n) is 9.32. The van der Waals surface area contributed by atoms with Gasteiger partial charge in [0.2, 0.25) is 0 Å². The van der Waals surface area contributed by atoms with Crippen LogP contribution in [0.5, 0.6) is 11.5 Å². The third-order valence-corrected chi connectivity index (χ3v) is 6.21. The van der Waals surface area contributed by atoms with Crippen LogP contribution < -0.4 is 4.74 Å². The van der Waals surface area contributed by atoms with Crippen LogP contribution in [0.2, 0.25) is 0 Å². The summed E-state index contributed by atoms with van der Waals surface area (Å²) in [7, 11) is 1.46. The van der Waals surface area contributed by atoms with Crippen molar-refractivity contribution in [2.45, 2.75) is 91.9 Å². The standard InChI is InChI=1S/C16H23FO3.C15H21FO3.BBr3/c1-4-6-7-13-12(9-11-15(18)20-5-2)8-10-14(19-3)16(13)17;1-3-5-6-12-11(7-9-13(17)15(12)16)8-10-14(18)19-4-2;2-1(3)4/h8,10H,4-7,9,11H2,1-3H3;7,9,17H,3-6,8,10H2,1-2H3;. The molecule has 0 amide bonds. The van der Waals surface area contributed by atoms with Gasteiger partial charge in [0.15, 0.2) is 23.1 Å². The Bertz CT molecular complexity index is 1100. The van der Waals surface area contributed by atoms with Crippen molar-refractivity contribution in [3.8, 4) is 11.5 Å².